The summed E-state index contributed by atoms with van der Waals surface area (Å²) in [6.45, 7) is 3.91. The zero-order chi connectivity index (χ0) is 12.3. The number of carbonyl (C=O) groups is 1. The largest absolute Gasteiger partial charge is 0.463 e. The first-order chi connectivity index (χ1) is 8.15. The lowest BCUT2D eigenvalue weighted by atomic mass is 9.71. The molecular formula is C15H26O2. The van der Waals surface area contributed by atoms with Crippen LogP contribution in [0.25, 0.3) is 0 Å². The average Bonchev–Trinajstić information content (AvgIpc) is 2.30. The van der Waals surface area contributed by atoms with Crippen molar-refractivity contribution in [2.75, 3.05) is 0 Å². The fourth-order valence-electron chi connectivity index (χ4n) is 3.67. The Kier molecular flexibility index (Phi) is 4.47. The van der Waals surface area contributed by atoms with Crippen LogP contribution in [0.5, 0.6) is 0 Å². The highest BCUT2D eigenvalue weighted by Crippen LogP contribution is 2.40. The van der Waals surface area contributed by atoms with Crippen LogP contribution < -0.4 is 0 Å². The normalized spacial score (nSPS) is 38.7. The zero-order valence-corrected chi connectivity index (χ0v) is 11.3. The van der Waals surface area contributed by atoms with Crippen LogP contribution in [0.2, 0.25) is 0 Å². The van der Waals surface area contributed by atoms with Gasteiger partial charge in [-0.1, -0.05) is 19.8 Å². The Morgan fingerprint density at radius 1 is 0.882 bits per heavy atom. The fraction of sp³-hybridized carbons (Fsp3) is 0.933. The van der Waals surface area contributed by atoms with Crippen molar-refractivity contribution in [2.45, 2.75) is 71.3 Å². The van der Waals surface area contributed by atoms with Gasteiger partial charge >= 0.3 is 5.97 Å². The monoisotopic (exact) mass is 238 g/mol. The molecule has 0 spiro atoms. The van der Waals surface area contributed by atoms with Gasteiger partial charge in [0.1, 0.15) is 6.10 Å². The molecule has 98 valence electrons. The number of hydrogen-bond acceptors (Lipinski definition) is 2. The van der Waals surface area contributed by atoms with Crippen LogP contribution in [-0.4, -0.2) is 12.1 Å². The molecule has 2 heteroatoms. The molecule has 0 aromatic heterocycles. The summed E-state index contributed by atoms with van der Waals surface area (Å²) in [6, 6.07) is 0. The van der Waals surface area contributed by atoms with Gasteiger partial charge in [0.25, 0.3) is 0 Å². The van der Waals surface area contributed by atoms with Crippen molar-refractivity contribution in [3.8, 4) is 0 Å². The van der Waals surface area contributed by atoms with Gasteiger partial charge in [0.2, 0.25) is 0 Å². The first-order valence-corrected chi connectivity index (χ1v) is 7.32. The van der Waals surface area contributed by atoms with E-state index in [0.717, 1.165) is 30.6 Å². The summed E-state index contributed by atoms with van der Waals surface area (Å²) in [5, 5.41) is 0. The second kappa shape index (κ2) is 5.88. The highest BCUT2D eigenvalue weighted by Gasteiger charge is 2.30. The molecule has 0 saturated heterocycles. The van der Waals surface area contributed by atoms with Crippen molar-refractivity contribution in [2.24, 2.45) is 17.8 Å². The van der Waals surface area contributed by atoms with Crippen molar-refractivity contribution >= 4 is 5.97 Å². The second-order valence-corrected chi connectivity index (χ2v) is 6.17. The lowest BCUT2D eigenvalue weighted by Gasteiger charge is -2.36. The molecule has 2 aliphatic carbocycles. The van der Waals surface area contributed by atoms with Gasteiger partial charge in [0.05, 0.1) is 0 Å². The smallest absolute Gasteiger partial charge is 0.302 e. The van der Waals surface area contributed by atoms with E-state index in [1.165, 1.54) is 45.4 Å². The Morgan fingerprint density at radius 2 is 1.35 bits per heavy atom. The number of rotatable bonds is 2. The number of ether oxygens (including phenoxy) is 1. The highest BCUT2D eigenvalue weighted by atomic mass is 16.5. The first-order valence-electron chi connectivity index (χ1n) is 7.32. The molecule has 0 aromatic carbocycles. The minimum atomic E-state index is -0.111. The van der Waals surface area contributed by atoms with Crippen molar-refractivity contribution in [3.63, 3.8) is 0 Å². The lowest BCUT2D eigenvalue weighted by molar-refractivity contribution is -0.148. The first kappa shape index (κ1) is 12.9. The summed E-state index contributed by atoms with van der Waals surface area (Å²) in [5.41, 5.74) is 0. The molecule has 2 fully saturated rings. The van der Waals surface area contributed by atoms with E-state index < -0.39 is 0 Å². The average molecular weight is 238 g/mol. The number of hydrogen-bond donors (Lipinski definition) is 0. The molecule has 0 amide bonds. The molecule has 0 N–H and O–H groups in total. The van der Waals surface area contributed by atoms with Crippen LogP contribution in [0.15, 0.2) is 0 Å². The molecule has 0 aliphatic heterocycles. The molecule has 0 heterocycles. The van der Waals surface area contributed by atoms with E-state index in [4.69, 9.17) is 4.74 Å². The van der Waals surface area contributed by atoms with Gasteiger partial charge < -0.3 is 4.74 Å². The Bertz CT molecular complexity index is 246. The number of esters is 1. The van der Waals surface area contributed by atoms with Crippen molar-refractivity contribution in [3.05, 3.63) is 0 Å². The van der Waals surface area contributed by atoms with Crippen LogP contribution in [0.1, 0.15) is 65.2 Å². The van der Waals surface area contributed by atoms with Gasteiger partial charge in [-0.3, -0.25) is 4.79 Å². The summed E-state index contributed by atoms with van der Waals surface area (Å²) < 4.78 is 5.30. The molecule has 2 rings (SSSR count). The van der Waals surface area contributed by atoms with E-state index in [2.05, 4.69) is 6.92 Å². The summed E-state index contributed by atoms with van der Waals surface area (Å²) in [5.74, 6) is 2.71. The molecule has 0 unspecified atom stereocenters. The van der Waals surface area contributed by atoms with Crippen LogP contribution in [-0.2, 0) is 9.53 Å². The summed E-state index contributed by atoms with van der Waals surface area (Å²) in [7, 11) is 0. The fourth-order valence-corrected chi connectivity index (χ4v) is 3.67. The Hall–Kier alpha value is -0.530. The van der Waals surface area contributed by atoms with E-state index in [-0.39, 0.29) is 12.1 Å². The molecule has 2 saturated carbocycles. The summed E-state index contributed by atoms with van der Waals surface area (Å²) in [6.07, 6.45) is 10.7. The van der Waals surface area contributed by atoms with E-state index in [1.807, 2.05) is 0 Å². The molecule has 17 heavy (non-hydrogen) atoms. The predicted molar refractivity (Wildman–Crippen MR) is 68.6 cm³/mol. The Balaban J connectivity index is 1.73. The standard InChI is InChI=1S/C15H26O2/c1-11-3-5-13(6-4-11)14-7-9-15(10-8-14)17-12(2)16/h11,13-15H,3-10H2,1-2H3. The van der Waals surface area contributed by atoms with Crippen LogP contribution in [0, 0.1) is 17.8 Å². The molecular weight excluding hydrogens is 212 g/mol. The van der Waals surface area contributed by atoms with Crippen molar-refractivity contribution < 1.29 is 9.53 Å². The highest BCUT2D eigenvalue weighted by molar-refractivity contribution is 5.66. The van der Waals surface area contributed by atoms with Gasteiger partial charge in [0.15, 0.2) is 0 Å². The third kappa shape index (κ3) is 3.72. The Labute approximate surface area is 105 Å². The quantitative estimate of drug-likeness (QED) is 0.681. The molecule has 0 aromatic rings. The molecule has 2 aliphatic rings. The summed E-state index contributed by atoms with van der Waals surface area (Å²) in [4.78, 5) is 10.9. The minimum Gasteiger partial charge on any atom is -0.463 e. The van der Waals surface area contributed by atoms with Crippen LogP contribution >= 0.6 is 0 Å². The second-order valence-electron chi connectivity index (χ2n) is 6.17. The van der Waals surface area contributed by atoms with Gasteiger partial charge in [-0.15, -0.1) is 0 Å². The van der Waals surface area contributed by atoms with Gasteiger partial charge in [-0.25, -0.2) is 0 Å². The molecule has 2 nitrogen and oxygen atoms in total. The van der Waals surface area contributed by atoms with Crippen molar-refractivity contribution in [1.29, 1.82) is 0 Å². The van der Waals surface area contributed by atoms with Crippen LogP contribution in [0.4, 0.5) is 0 Å². The lowest BCUT2D eigenvalue weighted by Crippen LogP contribution is -2.29. The third-order valence-electron chi connectivity index (χ3n) is 4.78. The molecule has 0 bridgehead atoms. The molecule has 0 radical (unpaired) electrons. The van der Waals surface area contributed by atoms with Gasteiger partial charge in [0, 0.05) is 6.92 Å². The van der Waals surface area contributed by atoms with E-state index in [1.54, 1.807) is 0 Å². The topological polar surface area (TPSA) is 26.3 Å². The maximum absolute atomic E-state index is 10.9. The van der Waals surface area contributed by atoms with Crippen molar-refractivity contribution in [1.82, 2.24) is 0 Å². The van der Waals surface area contributed by atoms with E-state index in [9.17, 15) is 4.79 Å². The summed E-state index contributed by atoms with van der Waals surface area (Å²) >= 11 is 0. The van der Waals surface area contributed by atoms with E-state index in [0.29, 0.717) is 0 Å². The zero-order valence-electron chi connectivity index (χ0n) is 11.3. The minimum absolute atomic E-state index is 0.111. The van der Waals surface area contributed by atoms with E-state index >= 15 is 0 Å². The maximum atomic E-state index is 10.9. The predicted octanol–water partition coefficient (Wildman–Crippen LogP) is 3.93. The Morgan fingerprint density at radius 3 is 1.82 bits per heavy atom. The molecule has 0 atom stereocenters. The number of carbonyl (C=O) groups excluding carboxylic acids is 1. The third-order valence-corrected chi connectivity index (χ3v) is 4.78. The maximum Gasteiger partial charge on any atom is 0.302 e. The van der Waals surface area contributed by atoms with Gasteiger partial charge in [-0.05, 0) is 56.3 Å². The van der Waals surface area contributed by atoms with Gasteiger partial charge in [-0.2, -0.15) is 0 Å². The van der Waals surface area contributed by atoms with Crippen LogP contribution in [0.3, 0.4) is 0 Å². The SMILES string of the molecule is CC(=O)OC1CCC(C2CCC(C)CC2)CC1.